The smallest absolute Gasteiger partial charge is 0.317 e. The van der Waals surface area contributed by atoms with E-state index in [2.05, 4.69) is 17.2 Å². The molecule has 2 rings (SSSR count). The molecule has 1 aliphatic rings. The summed E-state index contributed by atoms with van der Waals surface area (Å²) in [6, 6.07) is 0.0976. The van der Waals surface area contributed by atoms with Gasteiger partial charge in [0, 0.05) is 18.0 Å². The highest BCUT2D eigenvalue weighted by Gasteiger charge is 2.23. The molecule has 0 bridgehead atoms. The van der Waals surface area contributed by atoms with Gasteiger partial charge in [-0.3, -0.25) is 0 Å². The quantitative estimate of drug-likeness (QED) is 0.904. The van der Waals surface area contributed by atoms with E-state index >= 15 is 0 Å². The average molecular weight is 281 g/mol. The molecule has 5 heteroatoms. The normalized spacial score (nSPS) is 21.3. The molecule has 2 atom stereocenters. The Balaban J connectivity index is 1.96. The minimum atomic E-state index is 0.0379. The molecule has 0 spiro atoms. The summed E-state index contributed by atoms with van der Waals surface area (Å²) in [5, 5.41) is 4.15. The number of likely N-dealkylation sites (tertiary alicyclic amines) is 1. The number of hydrogen-bond donors (Lipinski definition) is 1. The monoisotopic (exact) mass is 281 g/mol. The van der Waals surface area contributed by atoms with Gasteiger partial charge in [-0.05, 0) is 39.5 Å². The zero-order valence-electron chi connectivity index (χ0n) is 12.2. The van der Waals surface area contributed by atoms with Crippen LogP contribution < -0.4 is 5.32 Å². The van der Waals surface area contributed by atoms with Gasteiger partial charge >= 0.3 is 6.03 Å². The summed E-state index contributed by atoms with van der Waals surface area (Å²) in [7, 11) is 0. The van der Waals surface area contributed by atoms with Gasteiger partial charge in [-0.2, -0.15) is 0 Å². The van der Waals surface area contributed by atoms with Gasteiger partial charge in [-0.25, -0.2) is 9.78 Å². The summed E-state index contributed by atoms with van der Waals surface area (Å²) < 4.78 is 0. The van der Waals surface area contributed by atoms with E-state index in [1.165, 1.54) is 6.42 Å². The molecule has 2 unspecified atom stereocenters. The van der Waals surface area contributed by atoms with Crippen LogP contribution >= 0.6 is 11.3 Å². The first-order chi connectivity index (χ1) is 8.97. The lowest BCUT2D eigenvalue weighted by molar-refractivity contribution is 0.167. The standard InChI is InChI=1S/C14H23N3OS/c1-9-6-5-7-17(8-9)14(18)16-11(3)13-10(2)15-12(4)19-13/h9,11H,5-8H2,1-4H3,(H,16,18). The molecule has 0 aromatic carbocycles. The number of thiazole rings is 1. The SMILES string of the molecule is Cc1nc(C)c(C(C)NC(=O)N2CCCC(C)C2)s1. The van der Waals surface area contributed by atoms with Crippen molar-refractivity contribution in [1.29, 1.82) is 0 Å². The van der Waals surface area contributed by atoms with Crippen LogP contribution in [0.2, 0.25) is 0 Å². The maximum absolute atomic E-state index is 12.2. The first kappa shape index (κ1) is 14.3. The highest BCUT2D eigenvalue weighted by Crippen LogP contribution is 2.25. The number of piperidine rings is 1. The third-order valence-electron chi connectivity index (χ3n) is 3.62. The fourth-order valence-electron chi connectivity index (χ4n) is 2.66. The second-order valence-electron chi connectivity index (χ2n) is 5.55. The van der Waals surface area contributed by atoms with Crippen molar-refractivity contribution in [2.75, 3.05) is 13.1 Å². The van der Waals surface area contributed by atoms with Crippen LogP contribution in [-0.4, -0.2) is 29.0 Å². The van der Waals surface area contributed by atoms with Crippen LogP contribution in [0.5, 0.6) is 0 Å². The summed E-state index contributed by atoms with van der Waals surface area (Å²) >= 11 is 1.67. The molecular formula is C14H23N3OS. The number of nitrogens with one attached hydrogen (secondary N) is 1. The molecule has 0 aliphatic carbocycles. The van der Waals surface area contributed by atoms with E-state index in [0.717, 1.165) is 35.1 Å². The Kier molecular flexibility index (Phi) is 4.45. The summed E-state index contributed by atoms with van der Waals surface area (Å²) in [6.45, 7) is 10.0. The second-order valence-corrected chi connectivity index (χ2v) is 6.78. The van der Waals surface area contributed by atoms with E-state index in [1.54, 1.807) is 11.3 Å². The third kappa shape index (κ3) is 3.47. The third-order valence-corrected chi connectivity index (χ3v) is 4.87. The Hall–Kier alpha value is -1.10. The van der Waals surface area contributed by atoms with E-state index < -0.39 is 0 Å². The predicted octanol–water partition coefficient (Wildman–Crippen LogP) is 3.26. The molecule has 19 heavy (non-hydrogen) atoms. The largest absolute Gasteiger partial charge is 0.331 e. The number of aromatic nitrogens is 1. The fraction of sp³-hybridized carbons (Fsp3) is 0.714. The second kappa shape index (κ2) is 5.90. The van der Waals surface area contributed by atoms with Crippen LogP contribution in [-0.2, 0) is 0 Å². The fourth-order valence-corrected chi connectivity index (χ4v) is 3.59. The molecule has 1 saturated heterocycles. The van der Waals surface area contributed by atoms with Crippen LogP contribution in [0, 0.1) is 19.8 Å². The van der Waals surface area contributed by atoms with E-state index in [4.69, 9.17) is 0 Å². The van der Waals surface area contributed by atoms with Gasteiger partial charge in [0.05, 0.1) is 16.7 Å². The number of aryl methyl sites for hydroxylation is 2. The minimum absolute atomic E-state index is 0.0379. The van der Waals surface area contributed by atoms with Crippen LogP contribution in [0.3, 0.4) is 0 Å². The van der Waals surface area contributed by atoms with Crippen LogP contribution in [0.25, 0.3) is 0 Å². The van der Waals surface area contributed by atoms with Gasteiger partial charge in [0.2, 0.25) is 0 Å². The molecule has 4 nitrogen and oxygen atoms in total. The summed E-state index contributed by atoms with van der Waals surface area (Å²) in [4.78, 5) is 19.8. The molecule has 1 aliphatic heterocycles. The molecule has 0 radical (unpaired) electrons. The molecule has 106 valence electrons. The van der Waals surface area contributed by atoms with E-state index in [0.29, 0.717) is 5.92 Å². The van der Waals surface area contributed by atoms with Gasteiger partial charge < -0.3 is 10.2 Å². The van der Waals surface area contributed by atoms with Crippen molar-refractivity contribution >= 4 is 17.4 Å². The van der Waals surface area contributed by atoms with Crippen molar-refractivity contribution in [3.8, 4) is 0 Å². The average Bonchev–Trinajstić information content (AvgIpc) is 2.68. The maximum atomic E-state index is 12.2. The Labute approximate surface area is 119 Å². The van der Waals surface area contributed by atoms with Crippen molar-refractivity contribution < 1.29 is 4.79 Å². The predicted molar refractivity (Wildman–Crippen MR) is 78.5 cm³/mol. The molecule has 1 fully saturated rings. The molecule has 2 heterocycles. The summed E-state index contributed by atoms with van der Waals surface area (Å²) in [5.74, 6) is 0.613. The van der Waals surface area contributed by atoms with Crippen LogP contribution in [0.4, 0.5) is 4.79 Å². The van der Waals surface area contributed by atoms with Gasteiger partial charge in [0.1, 0.15) is 0 Å². The number of nitrogens with zero attached hydrogens (tertiary/aromatic N) is 2. The highest BCUT2D eigenvalue weighted by atomic mass is 32.1. The Morgan fingerprint density at radius 3 is 2.84 bits per heavy atom. The maximum Gasteiger partial charge on any atom is 0.317 e. The van der Waals surface area contributed by atoms with Crippen molar-refractivity contribution in [3.63, 3.8) is 0 Å². The van der Waals surface area contributed by atoms with Gasteiger partial charge in [-0.15, -0.1) is 11.3 Å². The number of rotatable bonds is 2. The summed E-state index contributed by atoms with van der Waals surface area (Å²) in [6.07, 6.45) is 2.34. The molecule has 2 amide bonds. The van der Waals surface area contributed by atoms with Crippen molar-refractivity contribution in [3.05, 3.63) is 15.6 Å². The van der Waals surface area contributed by atoms with E-state index in [1.807, 2.05) is 25.7 Å². The Morgan fingerprint density at radius 2 is 2.26 bits per heavy atom. The lowest BCUT2D eigenvalue weighted by Crippen LogP contribution is -2.45. The highest BCUT2D eigenvalue weighted by molar-refractivity contribution is 7.11. The van der Waals surface area contributed by atoms with Gasteiger partial charge in [0.25, 0.3) is 0 Å². The topological polar surface area (TPSA) is 45.2 Å². The minimum Gasteiger partial charge on any atom is -0.331 e. The van der Waals surface area contributed by atoms with E-state index in [9.17, 15) is 4.79 Å². The Bertz CT molecular complexity index is 458. The Morgan fingerprint density at radius 1 is 1.53 bits per heavy atom. The molecule has 1 aromatic heterocycles. The first-order valence-electron chi connectivity index (χ1n) is 6.96. The molecule has 1 N–H and O–H groups in total. The van der Waals surface area contributed by atoms with Crippen molar-refractivity contribution in [1.82, 2.24) is 15.2 Å². The van der Waals surface area contributed by atoms with Crippen LogP contribution in [0.15, 0.2) is 0 Å². The van der Waals surface area contributed by atoms with Crippen molar-refractivity contribution in [2.45, 2.75) is 46.6 Å². The number of carbonyl (C=O) groups is 1. The lowest BCUT2D eigenvalue weighted by Gasteiger charge is -2.31. The molecular weight excluding hydrogens is 258 g/mol. The van der Waals surface area contributed by atoms with Gasteiger partial charge in [-0.1, -0.05) is 6.92 Å². The number of hydrogen-bond acceptors (Lipinski definition) is 3. The molecule has 0 saturated carbocycles. The zero-order valence-corrected chi connectivity index (χ0v) is 13.0. The number of urea groups is 1. The zero-order chi connectivity index (χ0) is 14.0. The number of carbonyl (C=O) groups excluding carboxylic acids is 1. The number of amides is 2. The van der Waals surface area contributed by atoms with Gasteiger partial charge in [0.15, 0.2) is 0 Å². The van der Waals surface area contributed by atoms with E-state index in [-0.39, 0.29) is 12.1 Å². The van der Waals surface area contributed by atoms with Crippen molar-refractivity contribution in [2.24, 2.45) is 5.92 Å². The molecule has 1 aromatic rings. The van der Waals surface area contributed by atoms with Crippen LogP contribution in [0.1, 0.15) is 48.3 Å². The first-order valence-corrected chi connectivity index (χ1v) is 7.78. The lowest BCUT2D eigenvalue weighted by atomic mass is 10.0. The summed E-state index contributed by atoms with van der Waals surface area (Å²) in [5.41, 5.74) is 1.03.